The second-order valence-corrected chi connectivity index (χ2v) is 5.36. The maximum absolute atomic E-state index is 5.83. The number of nitrogens with two attached hydrogens (primary N) is 1. The molecule has 0 aliphatic carbocycles. The van der Waals surface area contributed by atoms with E-state index < -0.39 is 0 Å². The van der Waals surface area contributed by atoms with Crippen LogP contribution in [0.2, 0.25) is 0 Å². The molecule has 0 amide bonds. The van der Waals surface area contributed by atoms with Crippen molar-refractivity contribution in [3.63, 3.8) is 0 Å². The largest absolute Gasteiger partial charge is 0.382 e. The summed E-state index contributed by atoms with van der Waals surface area (Å²) < 4.78 is 2.15. The summed E-state index contributed by atoms with van der Waals surface area (Å²) in [5, 5.41) is 0. The third-order valence-electron chi connectivity index (χ3n) is 3.74. The minimum atomic E-state index is 0.469. The van der Waals surface area contributed by atoms with Gasteiger partial charge in [-0.2, -0.15) is 0 Å². The average Bonchev–Trinajstić information content (AvgIpc) is 2.76. The lowest BCUT2D eigenvalue weighted by Crippen LogP contribution is -2.02. The predicted octanol–water partition coefficient (Wildman–Crippen LogP) is 3.47. The fraction of sp³-hybridized carbons (Fsp3) is 0.667. The number of hydrogen-bond acceptors (Lipinski definition) is 4. The number of nitrogens with zero attached hydrogens (tertiary/aromatic N) is 4. The standard InChI is InChI=1S/C15H25N5/c1-3-4-5-6-7-8-9-10-20-12(2)19-13-14(16)17-11-18-15(13)20/h11H,3-10H2,1-2H3,(H2,16,17,18). The molecule has 110 valence electrons. The van der Waals surface area contributed by atoms with Gasteiger partial charge in [-0.3, -0.25) is 0 Å². The quantitative estimate of drug-likeness (QED) is 0.749. The van der Waals surface area contributed by atoms with E-state index in [2.05, 4.69) is 26.4 Å². The third kappa shape index (κ3) is 3.46. The third-order valence-corrected chi connectivity index (χ3v) is 3.74. The molecule has 0 spiro atoms. The molecule has 0 atom stereocenters. The first-order chi connectivity index (χ1) is 9.74. The van der Waals surface area contributed by atoms with Gasteiger partial charge in [0.15, 0.2) is 17.0 Å². The molecular formula is C15H25N5. The van der Waals surface area contributed by atoms with Crippen molar-refractivity contribution in [1.29, 1.82) is 0 Å². The predicted molar refractivity (Wildman–Crippen MR) is 82.5 cm³/mol. The first-order valence-corrected chi connectivity index (χ1v) is 7.67. The van der Waals surface area contributed by atoms with Crippen LogP contribution in [0, 0.1) is 6.92 Å². The average molecular weight is 275 g/mol. The van der Waals surface area contributed by atoms with Crippen molar-refractivity contribution in [3.05, 3.63) is 12.2 Å². The second kappa shape index (κ2) is 7.22. The van der Waals surface area contributed by atoms with Gasteiger partial charge in [0.2, 0.25) is 0 Å². The fourth-order valence-corrected chi connectivity index (χ4v) is 2.56. The molecule has 2 N–H and O–H groups in total. The fourth-order valence-electron chi connectivity index (χ4n) is 2.56. The van der Waals surface area contributed by atoms with E-state index in [0.29, 0.717) is 5.82 Å². The van der Waals surface area contributed by atoms with E-state index in [1.165, 1.54) is 51.3 Å². The van der Waals surface area contributed by atoms with Gasteiger partial charge < -0.3 is 10.3 Å². The number of rotatable bonds is 8. The molecule has 5 heteroatoms. The summed E-state index contributed by atoms with van der Waals surface area (Å²) in [6.07, 6.45) is 10.7. The summed E-state index contributed by atoms with van der Waals surface area (Å²) in [7, 11) is 0. The molecule has 2 aromatic heterocycles. The maximum atomic E-state index is 5.83. The van der Waals surface area contributed by atoms with Crippen LogP contribution in [-0.2, 0) is 6.54 Å². The van der Waals surface area contributed by atoms with Crippen LogP contribution in [0.25, 0.3) is 11.2 Å². The normalized spacial score (nSPS) is 11.3. The Morgan fingerprint density at radius 3 is 2.50 bits per heavy atom. The molecule has 2 rings (SSSR count). The van der Waals surface area contributed by atoms with E-state index in [1.807, 2.05) is 6.92 Å². The molecule has 2 heterocycles. The highest BCUT2D eigenvalue weighted by atomic mass is 15.1. The summed E-state index contributed by atoms with van der Waals surface area (Å²) in [5.41, 5.74) is 7.43. The Hall–Kier alpha value is -1.65. The Bertz CT molecular complexity index is 546. The molecular weight excluding hydrogens is 250 g/mol. The van der Waals surface area contributed by atoms with Gasteiger partial charge in [-0.1, -0.05) is 45.4 Å². The monoisotopic (exact) mass is 275 g/mol. The summed E-state index contributed by atoms with van der Waals surface area (Å²) >= 11 is 0. The molecule has 5 nitrogen and oxygen atoms in total. The number of nitrogen functional groups attached to an aromatic ring is 1. The van der Waals surface area contributed by atoms with Gasteiger partial charge in [0.25, 0.3) is 0 Å². The molecule has 0 aromatic carbocycles. The van der Waals surface area contributed by atoms with Crippen molar-refractivity contribution in [2.45, 2.75) is 65.3 Å². The van der Waals surface area contributed by atoms with E-state index in [-0.39, 0.29) is 0 Å². The van der Waals surface area contributed by atoms with Crippen LogP contribution in [-0.4, -0.2) is 19.5 Å². The SMILES string of the molecule is CCCCCCCCCn1c(C)nc2c(N)ncnc21. The van der Waals surface area contributed by atoms with Crippen molar-refractivity contribution in [2.75, 3.05) is 5.73 Å². The summed E-state index contributed by atoms with van der Waals surface area (Å²) in [5.74, 6) is 1.44. The maximum Gasteiger partial charge on any atom is 0.165 e. The Labute approximate surface area is 120 Å². The van der Waals surface area contributed by atoms with E-state index in [0.717, 1.165) is 23.5 Å². The van der Waals surface area contributed by atoms with Crippen LogP contribution >= 0.6 is 0 Å². The molecule has 0 saturated carbocycles. The van der Waals surface area contributed by atoms with Crippen LogP contribution in [0.3, 0.4) is 0 Å². The number of anilines is 1. The summed E-state index contributed by atoms with van der Waals surface area (Å²) in [4.78, 5) is 12.8. The van der Waals surface area contributed by atoms with E-state index in [9.17, 15) is 0 Å². The Morgan fingerprint density at radius 1 is 1.05 bits per heavy atom. The van der Waals surface area contributed by atoms with Crippen molar-refractivity contribution >= 4 is 17.0 Å². The highest BCUT2D eigenvalue weighted by Crippen LogP contribution is 2.18. The number of aromatic nitrogens is 4. The molecule has 0 aliphatic rings. The highest BCUT2D eigenvalue weighted by molar-refractivity contribution is 5.81. The zero-order chi connectivity index (χ0) is 14.4. The Kier molecular flexibility index (Phi) is 5.32. The van der Waals surface area contributed by atoms with Gasteiger partial charge in [-0.25, -0.2) is 15.0 Å². The molecule has 0 fully saturated rings. The molecule has 0 bridgehead atoms. The van der Waals surface area contributed by atoms with Gasteiger partial charge in [0.1, 0.15) is 12.2 Å². The molecule has 2 aromatic rings. The summed E-state index contributed by atoms with van der Waals surface area (Å²) in [6, 6.07) is 0. The minimum absolute atomic E-state index is 0.469. The van der Waals surface area contributed by atoms with Gasteiger partial charge >= 0.3 is 0 Å². The van der Waals surface area contributed by atoms with Gasteiger partial charge in [-0.05, 0) is 13.3 Å². The van der Waals surface area contributed by atoms with Crippen LogP contribution in [0.1, 0.15) is 57.7 Å². The van der Waals surface area contributed by atoms with Crippen molar-refractivity contribution in [3.8, 4) is 0 Å². The lowest BCUT2D eigenvalue weighted by molar-refractivity contribution is 0.549. The van der Waals surface area contributed by atoms with Crippen LogP contribution in [0.5, 0.6) is 0 Å². The Morgan fingerprint density at radius 2 is 1.75 bits per heavy atom. The van der Waals surface area contributed by atoms with Gasteiger partial charge in [-0.15, -0.1) is 0 Å². The second-order valence-electron chi connectivity index (χ2n) is 5.36. The van der Waals surface area contributed by atoms with E-state index in [1.54, 1.807) is 0 Å². The van der Waals surface area contributed by atoms with Crippen LogP contribution in [0.4, 0.5) is 5.82 Å². The molecule has 0 aliphatic heterocycles. The zero-order valence-electron chi connectivity index (χ0n) is 12.6. The van der Waals surface area contributed by atoms with E-state index >= 15 is 0 Å². The zero-order valence-corrected chi connectivity index (χ0v) is 12.6. The Balaban J connectivity index is 1.87. The first kappa shape index (κ1) is 14.8. The highest BCUT2D eigenvalue weighted by Gasteiger charge is 2.10. The molecule has 20 heavy (non-hydrogen) atoms. The van der Waals surface area contributed by atoms with Gasteiger partial charge in [0, 0.05) is 6.54 Å². The van der Waals surface area contributed by atoms with Crippen molar-refractivity contribution in [1.82, 2.24) is 19.5 Å². The lowest BCUT2D eigenvalue weighted by atomic mass is 10.1. The number of hydrogen-bond donors (Lipinski definition) is 1. The van der Waals surface area contributed by atoms with Crippen molar-refractivity contribution < 1.29 is 0 Å². The molecule has 0 unspecified atom stereocenters. The molecule has 0 radical (unpaired) electrons. The van der Waals surface area contributed by atoms with Gasteiger partial charge in [0.05, 0.1) is 0 Å². The number of fused-ring (bicyclic) bond motifs is 1. The van der Waals surface area contributed by atoms with Crippen LogP contribution in [0.15, 0.2) is 6.33 Å². The summed E-state index contributed by atoms with van der Waals surface area (Å²) in [6.45, 7) is 5.22. The van der Waals surface area contributed by atoms with Crippen LogP contribution < -0.4 is 5.73 Å². The first-order valence-electron chi connectivity index (χ1n) is 7.67. The van der Waals surface area contributed by atoms with Crippen molar-refractivity contribution in [2.24, 2.45) is 0 Å². The molecule has 0 saturated heterocycles. The lowest BCUT2D eigenvalue weighted by Gasteiger charge is -2.06. The number of unbranched alkanes of at least 4 members (excludes halogenated alkanes) is 6. The number of imidazole rings is 1. The smallest absolute Gasteiger partial charge is 0.165 e. The topological polar surface area (TPSA) is 69.6 Å². The number of aryl methyl sites for hydroxylation is 2. The minimum Gasteiger partial charge on any atom is -0.382 e. The van der Waals surface area contributed by atoms with E-state index in [4.69, 9.17) is 5.73 Å².